The van der Waals surface area contributed by atoms with Gasteiger partial charge in [0.2, 0.25) is 0 Å². The molecule has 1 aromatic heterocycles. The van der Waals surface area contributed by atoms with Gasteiger partial charge < -0.3 is 10.5 Å². The Bertz CT molecular complexity index is 893. The lowest BCUT2D eigenvalue weighted by Gasteiger charge is -2.00. The van der Waals surface area contributed by atoms with Crippen LogP contribution in [0.4, 0.5) is 17.1 Å². The minimum Gasteiger partial charge on any atom is -0.497 e. The maximum Gasteiger partial charge on any atom is 0.292 e. The molecule has 0 atom stereocenters. The first-order chi connectivity index (χ1) is 11.2. The second-order valence-corrected chi connectivity index (χ2v) is 4.83. The Morgan fingerprint density at radius 2 is 1.83 bits per heavy atom. The van der Waals surface area contributed by atoms with E-state index in [1.165, 1.54) is 0 Å². The molecule has 0 saturated heterocycles. The number of ether oxygens (including phenoxy) is 1. The number of nitrogen functional groups attached to an aromatic ring is 1. The number of methoxy groups -OCH3 is 1. The van der Waals surface area contributed by atoms with Crippen molar-refractivity contribution < 1.29 is 4.74 Å². The van der Waals surface area contributed by atoms with E-state index in [2.05, 4.69) is 20.4 Å². The molecule has 0 aliphatic rings. The van der Waals surface area contributed by atoms with Gasteiger partial charge in [-0.1, -0.05) is 12.1 Å². The topological polar surface area (TPSA) is 109 Å². The maximum absolute atomic E-state index is 11.9. The first-order valence-corrected chi connectivity index (χ1v) is 6.90. The predicted octanol–water partition coefficient (Wildman–Crippen LogP) is 3.38. The lowest BCUT2D eigenvalue weighted by atomic mass is 10.1. The Hall–Kier alpha value is -3.35. The van der Waals surface area contributed by atoms with Gasteiger partial charge in [-0.05, 0) is 36.4 Å². The van der Waals surface area contributed by atoms with Crippen LogP contribution in [0.2, 0.25) is 0 Å². The summed E-state index contributed by atoms with van der Waals surface area (Å²) >= 11 is 0. The summed E-state index contributed by atoms with van der Waals surface area (Å²) in [6.45, 7) is 0. The minimum absolute atomic E-state index is 0.200. The third-order valence-electron chi connectivity index (χ3n) is 3.27. The Labute approximate surface area is 131 Å². The van der Waals surface area contributed by atoms with Gasteiger partial charge in [0.1, 0.15) is 5.75 Å². The second kappa shape index (κ2) is 6.18. The molecule has 0 unspecified atom stereocenters. The number of benzene rings is 2. The molecule has 2 aromatic carbocycles. The number of azo groups is 1. The number of aromatic amines is 2. The summed E-state index contributed by atoms with van der Waals surface area (Å²) in [7, 11) is 1.59. The number of anilines is 1. The normalized spacial score (nSPS) is 11.0. The molecule has 1 heterocycles. The fourth-order valence-corrected chi connectivity index (χ4v) is 2.11. The molecule has 0 saturated carbocycles. The molecule has 0 bridgehead atoms. The first kappa shape index (κ1) is 14.6. The zero-order valence-electron chi connectivity index (χ0n) is 12.4. The van der Waals surface area contributed by atoms with Crippen LogP contribution in [0.25, 0.3) is 11.3 Å². The van der Waals surface area contributed by atoms with E-state index in [0.717, 1.165) is 11.3 Å². The van der Waals surface area contributed by atoms with Crippen molar-refractivity contribution >= 4 is 17.1 Å². The molecule has 0 fully saturated rings. The van der Waals surface area contributed by atoms with Gasteiger partial charge in [-0.3, -0.25) is 15.0 Å². The van der Waals surface area contributed by atoms with Crippen molar-refractivity contribution in [3.8, 4) is 17.0 Å². The van der Waals surface area contributed by atoms with E-state index in [-0.39, 0.29) is 11.2 Å². The highest BCUT2D eigenvalue weighted by Crippen LogP contribution is 2.28. The Morgan fingerprint density at radius 3 is 2.52 bits per heavy atom. The summed E-state index contributed by atoms with van der Waals surface area (Å²) in [5.41, 5.74) is 8.14. The molecule has 0 aliphatic heterocycles. The van der Waals surface area contributed by atoms with E-state index < -0.39 is 0 Å². The maximum atomic E-state index is 11.9. The summed E-state index contributed by atoms with van der Waals surface area (Å²) in [5, 5.41) is 13.5. The van der Waals surface area contributed by atoms with E-state index in [0.29, 0.717) is 17.1 Å². The van der Waals surface area contributed by atoms with Crippen LogP contribution in [0.1, 0.15) is 0 Å². The average Bonchev–Trinajstić information content (AvgIpc) is 2.94. The number of hydrogen-bond acceptors (Lipinski definition) is 5. The summed E-state index contributed by atoms with van der Waals surface area (Å²) < 4.78 is 5.08. The van der Waals surface area contributed by atoms with Gasteiger partial charge in [-0.25, -0.2) is 0 Å². The van der Waals surface area contributed by atoms with Crippen LogP contribution in [0.5, 0.6) is 5.75 Å². The zero-order valence-corrected chi connectivity index (χ0v) is 12.4. The fraction of sp³-hybridized carbons (Fsp3) is 0.0625. The number of hydrogen-bond donors (Lipinski definition) is 3. The number of nitrogens with two attached hydrogens (primary N) is 1. The molecular weight excluding hydrogens is 294 g/mol. The van der Waals surface area contributed by atoms with Crippen LogP contribution in [0.15, 0.2) is 63.6 Å². The molecule has 7 heteroatoms. The van der Waals surface area contributed by atoms with Gasteiger partial charge in [-0.2, -0.15) is 5.11 Å². The molecule has 7 nitrogen and oxygen atoms in total. The van der Waals surface area contributed by atoms with Gasteiger partial charge in [0.05, 0.1) is 18.5 Å². The van der Waals surface area contributed by atoms with Crippen molar-refractivity contribution in [1.82, 2.24) is 10.2 Å². The Balaban J connectivity index is 1.95. The molecule has 3 rings (SSSR count). The molecule has 3 aromatic rings. The van der Waals surface area contributed by atoms with Crippen molar-refractivity contribution in [3.63, 3.8) is 0 Å². The molecule has 23 heavy (non-hydrogen) atoms. The minimum atomic E-state index is -0.348. The standard InChI is InChI=1S/C16H15N5O2/c1-23-13-7-5-12(6-8-13)18-20-15-14(19-21-16(15)22)10-3-2-4-11(17)9-10/h2-9H,17H2,1H3,(H2,19,21,22). The smallest absolute Gasteiger partial charge is 0.292 e. The summed E-state index contributed by atoms with van der Waals surface area (Å²) in [6, 6.07) is 14.2. The SMILES string of the molecule is COc1ccc(N=Nc2c(-c3cccc(N)c3)[nH][nH]c2=O)cc1. The highest BCUT2D eigenvalue weighted by molar-refractivity contribution is 5.73. The summed E-state index contributed by atoms with van der Waals surface area (Å²) in [5.74, 6) is 0.726. The van der Waals surface area contributed by atoms with Crippen molar-refractivity contribution in [2.75, 3.05) is 12.8 Å². The van der Waals surface area contributed by atoms with E-state index in [9.17, 15) is 4.79 Å². The number of H-pyrrole nitrogens is 2. The summed E-state index contributed by atoms with van der Waals surface area (Å²) in [4.78, 5) is 11.9. The third-order valence-corrected chi connectivity index (χ3v) is 3.27. The number of aromatic nitrogens is 2. The van der Waals surface area contributed by atoms with Crippen LogP contribution in [-0.4, -0.2) is 17.3 Å². The quantitative estimate of drug-likeness (QED) is 0.507. The average molecular weight is 309 g/mol. The largest absolute Gasteiger partial charge is 0.497 e. The van der Waals surface area contributed by atoms with Gasteiger partial charge >= 0.3 is 0 Å². The van der Waals surface area contributed by atoms with Crippen LogP contribution in [-0.2, 0) is 0 Å². The van der Waals surface area contributed by atoms with Gasteiger partial charge in [-0.15, -0.1) is 5.11 Å². The number of rotatable bonds is 4. The van der Waals surface area contributed by atoms with E-state index >= 15 is 0 Å². The molecule has 0 spiro atoms. The van der Waals surface area contributed by atoms with Crippen LogP contribution in [0, 0.1) is 0 Å². The number of nitrogens with zero attached hydrogens (tertiary/aromatic N) is 2. The Kier molecular flexibility index (Phi) is 3.92. The van der Waals surface area contributed by atoms with E-state index in [4.69, 9.17) is 10.5 Å². The predicted molar refractivity (Wildman–Crippen MR) is 88.4 cm³/mol. The molecule has 0 radical (unpaired) electrons. The highest BCUT2D eigenvalue weighted by atomic mass is 16.5. The molecular formula is C16H15N5O2. The van der Waals surface area contributed by atoms with Crippen LogP contribution in [0.3, 0.4) is 0 Å². The van der Waals surface area contributed by atoms with E-state index in [1.807, 2.05) is 6.07 Å². The van der Waals surface area contributed by atoms with Crippen molar-refractivity contribution in [3.05, 3.63) is 58.9 Å². The highest BCUT2D eigenvalue weighted by Gasteiger charge is 2.11. The van der Waals surface area contributed by atoms with Crippen molar-refractivity contribution in [1.29, 1.82) is 0 Å². The molecule has 116 valence electrons. The van der Waals surface area contributed by atoms with Crippen LogP contribution >= 0.6 is 0 Å². The lowest BCUT2D eigenvalue weighted by molar-refractivity contribution is 0.415. The van der Waals surface area contributed by atoms with E-state index in [1.54, 1.807) is 49.6 Å². The summed E-state index contributed by atoms with van der Waals surface area (Å²) in [6.07, 6.45) is 0. The van der Waals surface area contributed by atoms with Gasteiger partial charge in [0.15, 0.2) is 5.69 Å². The molecule has 0 amide bonds. The van der Waals surface area contributed by atoms with Crippen molar-refractivity contribution in [2.24, 2.45) is 10.2 Å². The van der Waals surface area contributed by atoms with Crippen molar-refractivity contribution in [2.45, 2.75) is 0 Å². The lowest BCUT2D eigenvalue weighted by Crippen LogP contribution is -1.96. The van der Waals surface area contributed by atoms with Gasteiger partial charge in [0, 0.05) is 11.3 Å². The zero-order chi connectivity index (χ0) is 16.2. The fourth-order valence-electron chi connectivity index (χ4n) is 2.11. The number of nitrogens with one attached hydrogen (secondary N) is 2. The Morgan fingerprint density at radius 1 is 1.04 bits per heavy atom. The third kappa shape index (κ3) is 3.13. The molecule has 0 aliphatic carbocycles. The molecule has 4 N–H and O–H groups in total. The second-order valence-electron chi connectivity index (χ2n) is 4.83. The first-order valence-electron chi connectivity index (χ1n) is 6.90. The monoisotopic (exact) mass is 309 g/mol. The van der Waals surface area contributed by atoms with Gasteiger partial charge in [0.25, 0.3) is 5.56 Å². The van der Waals surface area contributed by atoms with Crippen LogP contribution < -0.4 is 16.0 Å².